The first-order valence-corrected chi connectivity index (χ1v) is 8.36. The first kappa shape index (κ1) is 16.9. The fourth-order valence-corrected chi connectivity index (χ4v) is 2.61. The minimum Gasteiger partial charge on any atom is -0.322 e. The Bertz CT molecular complexity index is 863. The average Bonchev–Trinajstić information content (AvgIpc) is 2.62. The highest BCUT2D eigenvalue weighted by Crippen LogP contribution is 2.26. The van der Waals surface area contributed by atoms with Gasteiger partial charge in [-0.05, 0) is 34.7 Å². The molecule has 2 aromatic carbocycles. The zero-order valence-electron chi connectivity index (χ0n) is 14.8. The number of hydrogen-bond donors (Lipinski definition) is 1. The fraction of sp³-hybridized carbons (Fsp3) is 0.182. The number of amides is 1. The summed E-state index contributed by atoms with van der Waals surface area (Å²) in [5, 5.41) is 2.89. The number of anilines is 1. The van der Waals surface area contributed by atoms with Crippen LogP contribution in [-0.4, -0.2) is 10.9 Å². The summed E-state index contributed by atoms with van der Waals surface area (Å²) < 4.78 is 0. The van der Waals surface area contributed by atoms with E-state index in [1.54, 1.807) is 12.4 Å². The van der Waals surface area contributed by atoms with Crippen molar-refractivity contribution in [1.29, 1.82) is 0 Å². The van der Waals surface area contributed by atoms with E-state index >= 15 is 0 Å². The number of hydrogen-bond acceptors (Lipinski definition) is 2. The first-order chi connectivity index (χ1) is 11.9. The SMILES string of the molecule is CC(C)(C)c1ccc(-c2cncc(C(=O)Nc3ccccc3)c2)cc1. The molecule has 3 heteroatoms. The van der Waals surface area contributed by atoms with E-state index in [1.165, 1.54) is 5.56 Å². The van der Waals surface area contributed by atoms with Crippen molar-refractivity contribution in [2.75, 3.05) is 5.32 Å². The van der Waals surface area contributed by atoms with Gasteiger partial charge in [0, 0.05) is 23.6 Å². The molecule has 25 heavy (non-hydrogen) atoms. The van der Waals surface area contributed by atoms with Crippen LogP contribution in [0.2, 0.25) is 0 Å². The van der Waals surface area contributed by atoms with Gasteiger partial charge in [-0.15, -0.1) is 0 Å². The molecule has 0 aliphatic carbocycles. The van der Waals surface area contributed by atoms with Gasteiger partial charge in [-0.1, -0.05) is 63.2 Å². The van der Waals surface area contributed by atoms with Gasteiger partial charge in [0.2, 0.25) is 0 Å². The summed E-state index contributed by atoms with van der Waals surface area (Å²) in [6.07, 6.45) is 3.37. The Balaban J connectivity index is 1.83. The van der Waals surface area contributed by atoms with E-state index in [0.29, 0.717) is 5.56 Å². The van der Waals surface area contributed by atoms with Crippen molar-refractivity contribution in [3.63, 3.8) is 0 Å². The van der Waals surface area contributed by atoms with E-state index in [1.807, 2.05) is 36.4 Å². The molecule has 0 radical (unpaired) electrons. The number of para-hydroxylation sites is 1. The van der Waals surface area contributed by atoms with Crippen molar-refractivity contribution >= 4 is 11.6 Å². The predicted molar refractivity (Wildman–Crippen MR) is 103 cm³/mol. The second-order valence-electron chi connectivity index (χ2n) is 7.11. The van der Waals surface area contributed by atoms with Crippen LogP contribution in [0.25, 0.3) is 11.1 Å². The number of pyridine rings is 1. The van der Waals surface area contributed by atoms with Gasteiger partial charge in [0.15, 0.2) is 0 Å². The molecule has 0 atom stereocenters. The maximum atomic E-state index is 12.4. The molecule has 3 rings (SSSR count). The Hall–Kier alpha value is -2.94. The van der Waals surface area contributed by atoms with Gasteiger partial charge in [0.05, 0.1) is 5.56 Å². The van der Waals surface area contributed by atoms with Gasteiger partial charge in [-0.2, -0.15) is 0 Å². The van der Waals surface area contributed by atoms with Gasteiger partial charge in [-0.3, -0.25) is 9.78 Å². The average molecular weight is 330 g/mol. The topological polar surface area (TPSA) is 42.0 Å². The van der Waals surface area contributed by atoms with Gasteiger partial charge in [-0.25, -0.2) is 0 Å². The Morgan fingerprint density at radius 2 is 1.56 bits per heavy atom. The normalized spacial score (nSPS) is 11.2. The molecule has 3 aromatic rings. The largest absolute Gasteiger partial charge is 0.322 e. The van der Waals surface area contributed by atoms with Crippen LogP contribution < -0.4 is 5.32 Å². The van der Waals surface area contributed by atoms with Crippen molar-refractivity contribution in [3.8, 4) is 11.1 Å². The monoisotopic (exact) mass is 330 g/mol. The van der Waals surface area contributed by atoms with Crippen LogP contribution in [0.4, 0.5) is 5.69 Å². The molecule has 0 bridgehead atoms. The smallest absolute Gasteiger partial charge is 0.257 e. The summed E-state index contributed by atoms with van der Waals surface area (Å²) in [4.78, 5) is 16.7. The number of aromatic nitrogens is 1. The van der Waals surface area contributed by atoms with Crippen LogP contribution in [0.1, 0.15) is 36.7 Å². The molecule has 0 fully saturated rings. The quantitative estimate of drug-likeness (QED) is 0.708. The third kappa shape index (κ3) is 4.13. The van der Waals surface area contributed by atoms with E-state index in [0.717, 1.165) is 16.8 Å². The minimum atomic E-state index is -0.160. The Labute approximate surface area is 148 Å². The predicted octanol–water partition coefficient (Wildman–Crippen LogP) is 5.30. The highest BCUT2D eigenvalue weighted by molar-refractivity contribution is 6.04. The fourth-order valence-electron chi connectivity index (χ4n) is 2.61. The molecule has 0 aliphatic rings. The number of carbonyl (C=O) groups excluding carboxylic acids is 1. The number of benzene rings is 2. The highest BCUT2D eigenvalue weighted by atomic mass is 16.1. The lowest BCUT2D eigenvalue weighted by Crippen LogP contribution is -2.12. The summed E-state index contributed by atoms with van der Waals surface area (Å²) in [6, 6.07) is 19.7. The molecule has 0 spiro atoms. The molecule has 0 saturated carbocycles. The van der Waals surface area contributed by atoms with Crippen LogP contribution in [0.15, 0.2) is 73.1 Å². The Morgan fingerprint density at radius 3 is 2.20 bits per heavy atom. The van der Waals surface area contributed by atoms with Crippen molar-refractivity contribution in [2.24, 2.45) is 0 Å². The third-order valence-electron chi connectivity index (χ3n) is 4.12. The lowest BCUT2D eigenvalue weighted by Gasteiger charge is -2.19. The molecule has 3 nitrogen and oxygen atoms in total. The van der Waals surface area contributed by atoms with Crippen LogP contribution in [0, 0.1) is 0 Å². The highest BCUT2D eigenvalue weighted by Gasteiger charge is 2.13. The van der Waals surface area contributed by atoms with Gasteiger partial charge in [0.25, 0.3) is 5.91 Å². The standard InChI is InChI=1S/C22H22N2O/c1-22(2,3)19-11-9-16(10-12-19)17-13-18(15-23-14-17)21(25)24-20-7-5-4-6-8-20/h4-15H,1-3H3,(H,24,25). The maximum absolute atomic E-state index is 12.4. The molecule has 1 amide bonds. The second-order valence-corrected chi connectivity index (χ2v) is 7.11. The van der Waals surface area contributed by atoms with E-state index in [4.69, 9.17) is 0 Å². The molecule has 0 unspecified atom stereocenters. The molecular weight excluding hydrogens is 308 g/mol. The van der Waals surface area contributed by atoms with E-state index in [-0.39, 0.29) is 11.3 Å². The summed E-state index contributed by atoms with van der Waals surface area (Å²) in [5.74, 6) is -0.160. The Morgan fingerprint density at radius 1 is 0.880 bits per heavy atom. The lowest BCUT2D eigenvalue weighted by atomic mass is 9.86. The van der Waals surface area contributed by atoms with Crippen molar-refractivity contribution in [3.05, 3.63) is 84.2 Å². The minimum absolute atomic E-state index is 0.119. The van der Waals surface area contributed by atoms with Crippen LogP contribution in [0.5, 0.6) is 0 Å². The van der Waals surface area contributed by atoms with E-state index < -0.39 is 0 Å². The van der Waals surface area contributed by atoms with Crippen LogP contribution >= 0.6 is 0 Å². The molecule has 0 saturated heterocycles. The summed E-state index contributed by atoms with van der Waals surface area (Å²) in [6.45, 7) is 6.58. The summed E-state index contributed by atoms with van der Waals surface area (Å²) in [5.41, 5.74) is 4.70. The van der Waals surface area contributed by atoms with Crippen molar-refractivity contribution < 1.29 is 4.79 Å². The second kappa shape index (κ2) is 6.89. The van der Waals surface area contributed by atoms with Gasteiger partial charge < -0.3 is 5.32 Å². The van der Waals surface area contributed by atoms with Crippen molar-refractivity contribution in [1.82, 2.24) is 4.98 Å². The zero-order valence-corrected chi connectivity index (χ0v) is 14.8. The van der Waals surface area contributed by atoms with E-state index in [9.17, 15) is 4.79 Å². The summed E-state index contributed by atoms with van der Waals surface area (Å²) >= 11 is 0. The third-order valence-corrected chi connectivity index (χ3v) is 4.12. The molecule has 0 aliphatic heterocycles. The number of nitrogens with zero attached hydrogens (tertiary/aromatic N) is 1. The van der Waals surface area contributed by atoms with Crippen LogP contribution in [0.3, 0.4) is 0 Å². The van der Waals surface area contributed by atoms with Gasteiger partial charge >= 0.3 is 0 Å². The molecule has 126 valence electrons. The summed E-state index contributed by atoms with van der Waals surface area (Å²) in [7, 11) is 0. The van der Waals surface area contributed by atoms with Crippen molar-refractivity contribution in [2.45, 2.75) is 26.2 Å². The number of carbonyl (C=O) groups is 1. The van der Waals surface area contributed by atoms with E-state index in [2.05, 4.69) is 55.3 Å². The molecule has 1 N–H and O–H groups in total. The van der Waals surface area contributed by atoms with Gasteiger partial charge in [0.1, 0.15) is 0 Å². The molecule has 1 aromatic heterocycles. The molecular formula is C22H22N2O. The molecule has 1 heterocycles. The maximum Gasteiger partial charge on any atom is 0.257 e. The lowest BCUT2D eigenvalue weighted by molar-refractivity contribution is 0.102. The first-order valence-electron chi connectivity index (χ1n) is 8.36. The zero-order chi connectivity index (χ0) is 17.9. The number of rotatable bonds is 3. The Kier molecular flexibility index (Phi) is 4.66. The van der Waals surface area contributed by atoms with Crippen LogP contribution in [-0.2, 0) is 5.41 Å². The number of nitrogens with one attached hydrogen (secondary N) is 1.